The first-order valence-corrected chi connectivity index (χ1v) is 10.4. The molecule has 0 bridgehead atoms. The Morgan fingerprint density at radius 1 is 0.906 bits per heavy atom. The molecule has 2 N–H and O–H groups in total. The molecule has 0 saturated heterocycles. The van der Waals surface area contributed by atoms with E-state index in [0.29, 0.717) is 23.4 Å². The highest BCUT2D eigenvalue weighted by atomic mass is 16.2. The van der Waals surface area contributed by atoms with Crippen LogP contribution in [0.4, 0.5) is 5.69 Å². The van der Waals surface area contributed by atoms with Crippen molar-refractivity contribution < 1.29 is 9.59 Å². The fourth-order valence-corrected chi connectivity index (χ4v) is 3.43. The second-order valence-electron chi connectivity index (χ2n) is 7.47. The molecule has 1 aromatic heterocycles. The van der Waals surface area contributed by atoms with Gasteiger partial charge in [-0.1, -0.05) is 60.7 Å². The predicted octanol–water partition coefficient (Wildman–Crippen LogP) is 4.35. The van der Waals surface area contributed by atoms with E-state index >= 15 is 0 Å². The molecule has 2 amide bonds. The highest BCUT2D eigenvalue weighted by molar-refractivity contribution is 6.01. The van der Waals surface area contributed by atoms with E-state index in [1.165, 1.54) is 0 Å². The van der Waals surface area contributed by atoms with Crippen molar-refractivity contribution in [1.82, 2.24) is 14.9 Å². The summed E-state index contributed by atoms with van der Waals surface area (Å²) < 4.78 is 2.05. The first kappa shape index (κ1) is 21.1. The number of benzene rings is 3. The Labute approximate surface area is 186 Å². The molecule has 0 aliphatic rings. The van der Waals surface area contributed by atoms with Crippen LogP contribution in [-0.4, -0.2) is 21.4 Å². The molecule has 0 fully saturated rings. The average molecular weight is 425 g/mol. The van der Waals surface area contributed by atoms with Crippen molar-refractivity contribution in [3.8, 4) is 0 Å². The van der Waals surface area contributed by atoms with Gasteiger partial charge in [0.15, 0.2) is 0 Å². The Kier molecular flexibility index (Phi) is 6.41. The Morgan fingerprint density at radius 3 is 2.19 bits per heavy atom. The summed E-state index contributed by atoms with van der Waals surface area (Å²) in [6, 6.07) is 24.9. The van der Waals surface area contributed by atoms with Gasteiger partial charge in [0.2, 0.25) is 0 Å². The molecular weight excluding hydrogens is 400 g/mol. The van der Waals surface area contributed by atoms with Crippen LogP contribution in [-0.2, 0) is 11.3 Å². The lowest BCUT2D eigenvalue weighted by molar-refractivity contribution is -0.118. The quantitative estimate of drug-likeness (QED) is 0.463. The number of nitrogens with zero attached hydrogens (tertiary/aromatic N) is 2. The summed E-state index contributed by atoms with van der Waals surface area (Å²) in [5, 5.41) is 5.78. The molecule has 32 heavy (non-hydrogen) atoms. The molecule has 0 radical (unpaired) electrons. The zero-order valence-corrected chi connectivity index (χ0v) is 17.7. The minimum atomic E-state index is -0.822. The normalized spacial score (nSPS) is 11.5. The first-order valence-electron chi connectivity index (χ1n) is 10.4. The van der Waals surface area contributed by atoms with Gasteiger partial charge >= 0.3 is 0 Å². The van der Waals surface area contributed by atoms with Crippen LogP contribution in [0.3, 0.4) is 0 Å². The van der Waals surface area contributed by atoms with Crippen molar-refractivity contribution in [2.75, 3.05) is 5.32 Å². The minimum Gasteiger partial charge on any atom is -0.336 e. The lowest BCUT2D eigenvalue weighted by Gasteiger charge is -2.19. The van der Waals surface area contributed by atoms with Crippen molar-refractivity contribution in [3.05, 3.63) is 120 Å². The van der Waals surface area contributed by atoms with Gasteiger partial charge in [0.25, 0.3) is 11.8 Å². The molecule has 1 unspecified atom stereocenters. The topological polar surface area (TPSA) is 76.0 Å². The zero-order valence-electron chi connectivity index (χ0n) is 17.7. The van der Waals surface area contributed by atoms with E-state index < -0.39 is 6.04 Å². The van der Waals surface area contributed by atoms with Gasteiger partial charge in [-0.05, 0) is 42.3 Å². The molecule has 1 atom stereocenters. The van der Waals surface area contributed by atoms with Gasteiger partial charge < -0.3 is 15.2 Å². The van der Waals surface area contributed by atoms with Crippen molar-refractivity contribution in [1.29, 1.82) is 0 Å². The molecule has 3 aromatic carbocycles. The number of anilines is 1. The molecule has 0 saturated carbocycles. The summed E-state index contributed by atoms with van der Waals surface area (Å²) in [4.78, 5) is 30.1. The largest absolute Gasteiger partial charge is 0.336 e. The van der Waals surface area contributed by atoms with E-state index in [0.717, 1.165) is 11.4 Å². The van der Waals surface area contributed by atoms with E-state index in [1.807, 2.05) is 73.8 Å². The van der Waals surface area contributed by atoms with Gasteiger partial charge in [0.05, 0.1) is 0 Å². The fourth-order valence-electron chi connectivity index (χ4n) is 3.43. The van der Waals surface area contributed by atoms with Gasteiger partial charge in [0.1, 0.15) is 11.9 Å². The molecule has 0 spiro atoms. The Morgan fingerprint density at radius 2 is 1.56 bits per heavy atom. The maximum Gasteiger partial charge on any atom is 0.252 e. The maximum atomic E-state index is 13.1. The highest BCUT2D eigenvalue weighted by Crippen LogP contribution is 2.18. The predicted molar refractivity (Wildman–Crippen MR) is 124 cm³/mol. The van der Waals surface area contributed by atoms with E-state index in [-0.39, 0.29) is 11.8 Å². The van der Waals surface area contributed by atoms with Crippen LogP contribution in [0.15, 0.2) is 97.3 Å². The van der Waals surface area contributed by atoms with Crippen molar-refractivity contribution in [3.63, 3.8) is 0 Å². The molecule has 4 rings (SSSR count). The van der Waals surface area contributed by atoms with Crippen LogP contribution in [0.1, 0.15) is 33.4 Å². The van der Waals surface area contributed by atoms with Crippen LogP contribution < -0.4 is 10.6 Å². The number of carbonyl (C=O) groups excluding carboxylic acids is 2. The SMILES string of the molecule is Cc1nccn1Cc1ccc(NC(=O)C(NC(=O)c2ccccc2)c2ccccc2)cc1. The third-order valence-corrected chi connectivity index (χ3v) is 5.20. The summed E-state index contributed by atoms with van der Waals surface area (Å²) in [6.07, 6.45) is 3.71. The number of amides is 2. The number of nitrogens with one attached hydrogen (secondary N) is 2. The monoisotopic (exact) mass is 424 g/mol. The van der Waals surface area contributed by atoms with Gasteiger partial charge in [-0.25, -0.2) is 4.98 Å². The summed E-state index contributed by atoms with van der Waals surface area (Å²) in [5.74, 6) is 0.335. The number of carbonyl (C=O) groups is 2. The standard InChI is InChI=1S/C26H24N4O2/c1-19-27-16-17-30(19)18-20-12-14-23(15-13-20)28-26(32)24(21-8-4-2-5-9-21)29-25(31)22-10-6-3-7-11-22/h2-17,24H,18H2,1H3,(H,28,32)(H,29,31). The molecule has 0 aliphatic carbocycles. The maximum absolute atomic E-state index is 13.1. The zero-order chi connectivity index (χ0) is 22.3. The summed E-state index contributed by atoms with van der Waals surface area (Å²) >= 11 is 0. The number of imidazole rings is 1. The van der Waals surface area contributed by atoms with Gasteiger partial charge in [0, 0.05) is 30.2 Å². The number of hydrogen-bond donors (Lipinski definition) is 2. The third kappa shape index (κ3) is 5.10. The molecule has 0 aliphatic heterocycles. The number of aryl methyl sites for hydroxylation is 1. The molecule has 160 valence electrons. The number of aromatic nitrogens is 2. The van der Waals surface area contributed by atoms with Crippen molar-refractivity contribution in [2.24, 2.45) is 0 Å². The van der Waals surface area contributed by atoms with Gasteiger partial charge in [-0.15, -0.1) is 0 Å². The number of hydrogen-bond acceptors (Lipinski definition) is 3. The van der Waals surface area contributed by atoms with Crippen molar-refractivity contribution >= 4 is 17.5 Å². The average Bonchev–Trinajstić information content (AvgIpc) is 3.23. The molecule has 6 heteroatoms. The second kappa shape index (κ2) is 9.75. The van der Waals surface area contributed by atoms with Crippen LogP contribution in [0.2, 0.25) is 0 Å². The number of rotatable bonds is 7. The van der Waals surface area contributed by atoms with Gasteiger partial charge in [-0.2, -0.15) is 0 Å². The Balaban J connectivity index is 1.48. The summed E-state index contributed by atoms with van der Waals surface area (Å²) in [5.41, 5.74) is 2.97. The Hall–Kier alpha value is -4.19. The van der Waals surface area contributed by atoms with Crippen LogP contribution in [0.25, 0.3) is 0 Å². The van der Waals surface area contributed by atoms with E-state index in [9.17, 15) is 9.59 Å². The van der Waals surface area contributed by atoms with Crippen LogP contribution >= 0.6 is 0 Å². The van der Waals surface area contributed by atoms with E-state index in [2.05, 4.69) is 20.2 Å². The second-order valence-corrected chi connectivity index (χ2v) is 7.47. The molecule has 6 nitrogen and oxygen atoms in total. The molecular formula is C26H24N4O2. The first-order chi connectivity index (χ1) is 15.6. The summed E-state index contributed by atoms with van der Waals surface area (Å²) in [7, 11) is 0. The van der Waals surface area contributed by atoms with Crippen LogP contribution in [0.5, 0.6) is 0 Å². The smallest absolute Gasteiger partial charge is 0.252 e. The van der Waals surface area contributed by atoms with E-state index in [4.69, 9.17) is 0 Å². The highest BCUT2D eigenvalue weighted by Gasteiger charge is 2.23. The molecule has 1 heterocycles. The Bertz CT molecular complexity index is 1190. The van der Waals surface area contributed by atoms with E-state index in [1.54, 1.807) is 30.5 Å². The third-order valence-electron chi connectivity index (χ3n) is 5.20. The minimum absolute atomic E-state index is 0.305. The van der Waals surface area contributed by atoms with Gasteiger partial charge in [-0.3, -0.25) is 9.59 Å². The lowest BCUT2D eigenvalue weighted by Crippen LogP contribution is -2.37. The van der Waals surface area contributed by atoms with Crippen LogP contribution in [0, 0.1) is 6.92 Å². The lowest BCUT2D eigenvalue weighted by atomic mass is 10.0. The molecule has 4 aromatic rings. The fraction of sp³-hybridized carbons (Fsp3) is 0.115. The van der Waals surface area contributed by atoms with Crippen molar-refractivity contribution in [2.45, 2.75) is 19.5 Å². The summed E-state index contributed by atoms with van der Waals surface area (Å²) in [6.45, 7) is 2.67.